The van der Waals surface area contributed by atoms with Crippen molar-refractivity contribution in [3.63, 3.8) is 0 Å². The van der Waals surface area contributed by atoms with E-state index >= 15 is 0 Å². The molecule has 0 saturated carbocycles. The summed E-state index contributed by atoms with van der Waals surface area (Å²) in [5.74, 6) is 0.820. The standard InChI is InChI=1S/C24H26N2O4S/c1-25(2)17-6-4-5-16(13-17)24(28)26-12-11-22-20(14-23(29-3)31-22)21(26)15-30-19-9-7-18(27)8-10-19/h4-10,13-14,21,27H,11-12,15H2,1-3H3. The Morgan fingerprint density at radius 1 is 1.19 bits per heavy atom. The lowest BCUT2D eigenvalue weighted by atomic mass is 9.99. The average molecular weight is 439 g/mol. The monoisotopic (exact) mass is 438 g/mol. The molecule has 162 valence electrons. The van der Waals surface area contributed by atoms with E-state index in [-0.39, 0.29) is 17.7 Å². The van der Waals surface area contributed by atoms with Crippen LogP contribution in [0.15, 0.2) is 54.6 Å². The van der Waals surface area contributed by atoms with Crippen LogP contribution in [-0.2, 0) is 6.42 Å². The normalized spacial score (nSPS) is 15.3. The molecule has 1 aliphatic heterocycles. The summed E-state index contributed by atoms with van der Waals surface area (Å²) in [6.45, 7) is 0.933. The molecule has 3 aromatic rings. The number of anilines is 1. The summed E-state index contributed by atoms with van der Waals surface area (Å²) in [6, 6.07) is 16.1. The van der Waals surface area contributed by atoms with Crippen molar-refractivity contribution < 1.29 is 19.4 Å². The Morgan fingerprint density at radius 3 is 2.68 bits per heavy atom. The Bertz CT molecular complexity index is 1060. The maximum absolute atomic E-state index is 13.5. The van der Waals surface area contributed by atoms with Gasteiger partial charge in [-0.15, -0.1) is 11.3 Å². The number of phenolic OH excluding ortho intramolecular Hbond substituents is 1. The minimum atomic E-state index is -0.229. The molecule has 1 aliphatic rings. The van der Waals surface area contributed by atoms with E-state index in [0.29, 0.717) is 24.5 Å². The van der Waals surface area contributed by atoms with Crippen molar-refractivity contribution in [3.05, 3.63) is 70.6 Å². The number of phenols is 1. The number of benzene rings is 2. The van der Waals surface area contributed by atoms with Gasteiger partial charge < -0.3 is 24.4 Å². The van der Waals surface area contributed by atoms with Crippen molar-refractivity contribution in [3.8, 4) is 16.6 Å². The predicted molar refractivity (Wildman–Crippen MR) is 123 cm³/mol. The third kappa shape index (κ3) is 4.46. The summed E-state index contributed by atoms with van der Waals surface area (Å²) in [5.41, 5.74) is 2.72. The highest BCUT2D eigenvalue weighted by Crippen LogP contribution is 2.40. The van der Waals surface area contributed by atoms with Crippen molar-refractivity contribution in [1.29, 1.82) is 0 Å². The Labute approximate surface area is 186 Å². The number of rotatable bonds is 6. The largest absolute Gasteiger partial charge is 0.508 e. The maximum Gasteiger partial charge on any atom is 0.254 e. The highest BCUT2D eigenvalue weighted by molar-refractivity contribution is 7.14. The molecule has 0 fully saturated rings. The molecule has 2 aromatic carbocycles. The van der Waals surface area contributed by atoms with Gasteiger partial charge in [0.05, 0.1) is 13.2 Å². The molecule has 0 aliphatic carbocycles. The number of ether oxygens (including phenoxy) is 2. The van der Waals surface area contributed by atoms with E-state index in [1.165, 1.54) is 4.88 Å². The zero-order valence-electron chi connectivity index (χ0n) is 17.9. The van der Waals surface area contributed by atoms with Crippen molar-refractivity contribution in [2.45, 2.75) is 12.5 Å². The van der Waals surface area contributed by atoms with Crippen molar-refractivity contribution >= 4 is 22.9 Å². The van der Waals surface area contributed by atoms with E-state index in [1.54, 1.807) is 42.7 Å². The number of hydrogen-bond acceptors (Lipinski definition) is 6. The Balaban J connectivity index is 1.63. The Morgan fingerprint density at radius 2 is 1.97 bits per heavy atom. The van der Waals surface area contributed by atoms with E-state index in [9.17, 15) is 9.90 Å². The highest BCUT2D eigenvalue weighted by atomic mass is 32.1. The van der Waals surface area contributed by atoms with Crippen LogP contribution >= 0.6 is 11.3 Å². The molecule has 0 spiro atoms. The van der Waals surface area contributed by atoms with E-state index < -0.39 is 0 Å². The molecule has 1 amide bonds. The Hall–Kier alpha value is -3.19. The second-order valence-corrected chi connectivity index (χ2v) is 8.76. The van der Waals surface area contributed by atoms with Gasteiger partial charge in [-0.25, -0.2) is 0 Å². The van der Waals surface area contributed by atoms with Crippen LogP contribution in [0.25, 0.3) is 0 Å². The van der Waals surface area contributed by atoms with Gasteiger partial charge in [0.15, 0.2) is 5.06 Å². The highest BCUT2D eigenvalue weighted by Gasteiger charge is 2.34. The number of methoxy groups -OCH3 is 1. The van der Waals surface area contributed by atoms with Crippen molar-refractivity contribution in [2.75, 3.05) is 39.3 Å². The molecule has 1 aromatic heterocycles. The number of nitrogens with zero attached hydrogens (tertiary/aromatic N) is 2. The molecule has 4 rings (SSSR count). The van der Waals surface area contributed by atoms with E-state index in [1.807, 2.05) is 54.2 Å². The summed E-state index contributed by atoms with van der Waals surface area (Å²) in [4.78, 5) is 18.6. The summed E-state index contributed by atoms with van der Waals surface area (Å²) in [5, 5.41) is 10.3. The van der Waals surface area contributed by atoms with Crippen LogP contribution < -0.4 is 14.4 Å². The third-order valence-electron chi connectivity index (χ3n) is 5.45. The van der Waals surface area contributed by atoms with Gasteiger partial charge in [0.1, 0.15) is 18.1 Å². The third-order valence-corrected chi connectivity index (χ3v) is 6.62. The molecule has 2 heterocycles. The van der Waals surface area contributed by atoms with Gasteiger partial charge >= 0.3 is 0 Å². The second-order valence-electron chi connectivity index (χ2n) is 7.66. The molecule has 0 bridgehead atoms. The molecule has 0 saturated heterocycles. The molecule has 1 atom stereocenters. The second kappa shape index (κ2) is 8.89. The van der Waals surface area contributed by atoms with Crippen molar-refractivity contribution in [2.24, 2.45) is 0 Å². The molecule has 0 radical (unpaired) electrons. The minimum Gasteiger partial charge on any atom is -0.508 e. The number of thiophene rings is 1. The van der Waals surface area contributed by atoms with E-state index in [2.05, 4.69) is 0 Å². The van der Waals surface area contributed by atoms with Crippen LogP contribution in [0, 0.1) is 0 Å². The minimum absolute atomic E-state index is 0.0150. The average Bonchev–Trinajstić information content (AvgIpc) is 3.22. The smallest absolute Gasteiger partial charge is 0.254 e. The van der Waals surface area contributed by atoms with E-state index in [4.69, 9.17) is 9.47 Å². The van der Waals surface area contributed by atoms with Crippen LogP contribution in [0.4, 0.5) is 5.69 Å². The first kappa shape index (κ1) is 21.1. The summed E-state index contributed by atoms with van der Waals surface area (Å²) in [6.07, 6.45) is 0.790. The Kier molecular flexibility index (Phi) is 6.04. The van der Waals surface area contributed by atoms with Gasteiger partial charge in [0.2, 0.25) is 0 Å². The van der Waals surface area contributed by atoms with E-state index in [0.717, 1.165) is 22.7 Å². The molecular weight excluding hydrogens is 412 g/mol. The van der Waals surface area contributed by atoms with Gasteiger partial charge in [-0.1, -0.05) is 6.07 Å². The molecule has 1 unspecified atom stereocenters. The van der Waals surface area contributed by atoms with Crippen LogP contribution in [0.3, 0.4) is 0 Å². The predicted octanol–water partition coefficient (Wildman–Crippen LogP) is 4.35. The van der Waals surface area contributed by atoms with Crippen LogP contribution in [0.2, 0.25) is 0 Å². The molecule has 1 N–H and O–H groups in total. The number of fused-ring (bicyclic) bond motifs is 1. The molecular formula is C24H26N2O4S. The topological polar surface area (TPSA) is 62.2 Å². The summed E-state index contributed by atoms with van der Waals surface area (Å²) in [7, 11) is 5.58. The lowest BCUT2D eigenvalue weighted by molar-refractivity contribution is 0.0592. The van der Waals surface area contributed by atoms with Crippen molar-refractivity contribution in [1.82, 2.24) is 4.90 Å². The first-order valence-electron chi connectivity index (χ1n) is 10.1. The van der Waals surface area contributed by atoms with Crippen LogP contribution in [0.5, 0.6) is 16.6 Å². The van der Waals surface area contributed by atoms with Gasteiger partial charge in [-0.05, 0) is 60.5 Å². The molecule has 31 heavy (non-hydrogen) atoms. The van der Waals surface area contributed by atoms with Crippen LogP contribution in [0.1, 0.15) is 26.8 Å². The SMILES string of the molecule is COc1cc2c(s1)CCN(C(=O)c1cccc(N(C)C)c1)C2COc1ccc(O)cc1. The number of amides is 1. The first-order valence-corrected chi connectivity index (χ1v) is 10.9. The molecule has 7 heteroatoms. The number of hydrogen-bond donors (Lipinski definition) is 1. The number of carbonyl (C=O) groups is 1. The van der Waals surface area contributed by atoms with Crippen LogP contribution in [-0.4, -0.2) is 50.3 Å². The number of carbonyl (C=O) groups excluding carboxylic acids is 1. The van der Waals surface area contributed by atoms with Gasteiger partial charge in [0.25, 0.3) is 5.91 Å². The lowest BCUT2D eigenvalue weighted by Gasteiger charge is -2.36. The summed E-state index contributed by atoms with van der Waals surface area (Å²) < 4.78 is 11.5. The van der Waals surface area contributed by atoms with Gasteiger partial charge in [0, 0.05) is 36.8 Å². The lowest BCUT2D eigenvalue weighted by Crippen LogP contribution is -2.42. The van der Waals surface area contributed by atoms with Gasteiger partial charge in [-0.2, -0.15) is 0 Å². The zero-order valence-corrected chi connectivity index (χ0v) is 18.7. The fourth-order valence-electron chi connectivity index (χ4n) is 3.76. The maximum atomic E-state index is 13.5. The quantitative estimate of drug-likeness (QED) is 0.620. The summed E-state index contributed by atoms with van der Waals surface area (Å²) >= 11 is 1.62. The fourth-order valence-corrected chi connectivity index (χ4v) is 4.78. The fraction of sp³-hybridized carbons (Fsp3) is 0.292. The number of aromatic hydroxyl groups is 1. The van der Waals surface area contributed by atoms with Gasteiger partial charge in [-0.3, -0.25) is 4.79 Å². The first-order chi connectivity index (χ1) is 15.0. The zero-order chi connectivity index (χ0) is 22.0. The molecule has 6 nitrogen and oxygen atoms in total.